The molecule has 0 radical (unpaired) electrons. The third kappa shape index (κ3) is 3.59. The van der Waals surface area contributed by atoms with E-state index in [4.69, 9.17) is 0 Å². The van der Waals surface area contributed by atoms with Gasteiger partial charge in [-0.25, -0.2) is 0 Å². The molecule has 1 aliphatic heterocycles. The lowest BCUT2D eigenvalue weighted by atomic mass is 9.99. The second kappa shape index (κ2) is 6.69. The third-order valence-electron chi connectivity index (χ3n) is 3.79. The molecule has 1 atom stereocenters. The lowest BCUT2D eigenvalue weighted by molar-refractivity contribution is -0.386. The van der Waals surface area contributed by atoms with Crippen LogP contribution in [0.2, 0.25) is 0 Å². The Bertz CT molecular complexity index is 511. The van der Waals surface area contributed by atoms with E-state index in [0.29, 0.717) is 11.7 Å². The fraction of sp³-hybridized carbons (Fsp3) is 0.571. The molecule has 1 heterocycles. The molecule has 1 unspecified atom stereocenters. The summed E-state index contributed by atoms with van der Waals surface area (Å²) in [7, 11) is 0. The second-order valence-corrected chi connectivity index (χ2v) is 5.04. The largest absolute Gasteiger partial charge is 0.427 e. The van der Waals surface area contributed by atoms with Gasteiger partial charge in [0.25, 0.3) is 0 Å². The van der Waals surface area contributed by atoms with Crippen molar-refractivity contribution in [3.05, 3.63) is 28.3 Å². The van der Waals surface area contributed by atoms with Crippen molar-refractivity contribution < 1.29 is 18.4 Å². The van der Waals surface area contributed by atoms with Crippen LogP contribution in [0.3, 0.4) is 0 Å². The van der Waals surface area contributed by atoms with Crippen LogP contribution in [0.15, 0.2) is 18.2 Å². The molecule has 1 fully saturated rings. The molecule has 2 rings (SSSR count). The van der Waals surface area contributed by atoms with Crippen LogP contribution in [0.4, 0.5) is 20.2 Å². The van der Waals surface area contributed by atoms with Gasteiger partial charge in [-0.05, 0) is 31.7 Å². The Labute approximate surface area is 121 Å². The Morgan fingerprint density at radius 3 is 2.86 bits per heavy atom. The molecule has 7 heteroatoms. The summed E-state index contributed by atoms with van der Waals surface area (Å²) in [5.74, 6) is -0.382. The van der Waals surface area contributed by atoms with Gasteiger partial charge >= 0.3 is 12.3 Å². The van der Waals surface area contributed by atoms with Crippen molar-refractivity contribution in [1.29, 1.82) is 0 Å². The van der Waals surface area contributed by atoms with E-state index in [0.717, 1.165) is 32.2 Å². The Morgan fingerprint density at radius 1 is 1.48 bits per heavy atom. The normalized spacial score (nSPS) is 18.9. The molecule has 0 N–H and O–H groups in total. The second-order valence-electron chi connectivity index (χ2n) is 5.04. The number of anilines is 1. The average molecular weight is 300 g/mol. The first-order chi connectivity index (χ1) is 10.0. The molecule has 1 aromatic rings. The Morgan fingerprint density at radius 2 is 2.24 bits per heavy atom. The molecule has 1 saturated heterocycles. The van der Waals surface area contributed by atoms with Crippen LogP contribution in [0.5, 0.6) is 5.75 Å². The molecule has 0 spiro atoms. The first kappa shape index (κ1) is 15.5. The number of benzene rings is 1. The zero-order valence-electron chi connectivity index (χ0n) is 11.8. The molecular formula is C14H18F2N2O3. The van der Waals surface area contributed by atoms with Crippen LogP contribution in [0.1, 0.15) is 32.6 Å². The van der Waals surface area contributed by atoms with E-state index in [-0.39, 0.29) is 5.75 Å². The number of nitro groups is 1. The van der Waals surface area contributed by atoms with Gasteiger partial charge in [-0.1, -0.05) is 6.92 Å². The maximum Gasteiger partial charge on any atom is 0.387 e. The van der Waals surface area contributed by atoms with Gasteiger partial charge in [-0.2, -0.15) is 8.78 Å². The van der Waals surface area contributed by atoms with Gasteiger partial charge in [0.2, 0.25) is 5.75 Å². The van der Waals surface area contributed by atoms with Crippen LogP contribution in [-0.2, 0) is 0 Å². The molecular weight excluding hydrogens is 282 g/mol. The van der Waals surface area contributed by atoms with E-state index in [1.165, 1.54) is 12.1 Å². The molecule has 0 saturated carbocycles. The predicted molar refractivity (Wildman–Crippen MR) is 75.0 cm³/mol. The minimum Gasteiger partial charge on any atom is -0.427 e. The van der Waals surface area contributed by atoms with Crippen LogP contribution in [0.25, 0.3) is 0 Å². The van der Waals surface area contributed by atoms with E-state index in [2.05, 4.69) is 16.6 Å². The number of alkyl halides is 2. The van der Waals surface area contributed by atoms with Crippen molar-refractivity contribution in [2.75, 3.05) is 11.4 Å². The zero-order valence-corrected chi connectivity index (χ0v) is 11.8. The standard InChI is InChI=1S/C14H18F2N2O3/c1-2-10-5-3-4-8-17(10)11-6-7-12(18(19)20)13(9-11)21-14(15)16/h6-7,9-10,14H,2-5,8H2,1H3. The minimum absolute atomic E-state index is 0.333. The maximum atomic E-state index is 12.4. The minimum atomic E-state index is -3.08. The van der Waals surface area contributed by atoms with Crippen molar-refractivity contribution in [3.8, 4) is 5.75 Å². The molecule has 21 heavy (non-hydrogen) atoms. The highest BCUT2D eigenvalue weighted by Crippen LogP contribution is 2.35. The first-order valence-corrected chi connectivity index (χ1v) is 7.02. The molecule has 1 aromatic carbocycles. The van der Waals surface area contributed by atoms with Crippen molar-refractivity contribution in [2.24, 2.45) is 0 Å². The van der Waals surface area contributed by atoms with E-state index < -0.39 is 17.2 Å². The van der Waals surface area contributed by atoms with Gasteiger partial charge < -0.3 is 9.64 Å². The van der Waals surface area contributed by atoms with Gasteiger partial charge in [0.1, 0.15) is 0 Å². The van der Waals surface area contributed by atoms with Crippen molar-refractivity contribution in [3.63, 3.8) is 0 Å². The average Bonchev–Trinajstić information content (AvgIpc) is 2.46. The van der Waals surface area contributed by atoms with Crippen molar-refractivity contribution in [1.82, 2.24) is 0 Å². The summed E-state index contributed by atoms with van der Waals surface area (Å²) in [6.45, 7) is -0.183. The molecule has 0 aromatic heterocycles. The van der Waals surface area contributed by atoms with Crippen LogP contribution < -0.4 is 9.64 Å². The van der Waals surface area contributed by atoms with Gasteiger partial charge in [-0.3, -0.25) is 10.1 Å². The number of ether oxygens (including phenoxy) is 1. The monoisotopic (exact) mass is 300 g/mol. The summed E-state index contributed by atoms with van der Waals surface area (Å²) in [6.07, 6.45) is 4.15. The highest BCUT2D eigenvalue weighted by Gasteiger charge is 2.25. The van der Waals surface area contributed by atoms with E-state index in [9.17, 15) is 18.9 Å². The van der Waals surface area contributed by atoms with E-state index in [1.807, 2.05) is 0 Å². The van der Waals surface area contributed by atoms with Crippen molar-refractivity contribution in [2.45, 2.75) is 45.3 Å². The number of nitro benzene ring substituents is 1. The van der Waals surface area contributed by atoms with Crippen LogP contribution in [0, 0.1) is 10.1 Å². The summed E-state index contributed by atoms with van der Waals surface area (Å²) in [4.78, 5) is 12.3. The first-order valence-electron chi connectivity index (χ1n) is 7.02. The Hall–Kier alpha value is -1.92. The van der Waals surface area contributed by atoms with Gasteiger partial charge in [0.15, 0.2) is 0 Å². The summed E-state index contributed by atoms with van der Waals surface area (Å²) in [5, 5.41) is 10.9. The summed E-state index contributed by atoms with van der Waals surface area (Å²) in [5.41, 5.74) is 0.256. The lowest BCUT2D eigenvalue weighted by Gasteiger charge is -2.37. The topological polar surface area (TPSA) is 55.6 Å². The van der Waals surface area contributed by atoms with E-state index in [1.54, 1.807) is 6.07 Å². The lowest BCUT2D eigenvalue weighted by Crippen LogP contribution is -2.39. The fourth-order valence-corrected chi connectivity index (χ4v) is 2.79. The van der Waals surface area contributed by atoms with Gasteiger partial charge in [-0.15, -0.1) is 0 Å². The molecule has 0 aliphatic carbocycles. The number of nitrogens with zero attached hydrogens (tertiary/aromatic N) is 2. The number of hydrogen-bond acceptors (Lipinski definition) is 4. The maximum absolute atomic E-state index is 12.4. The van der Waals surface area contributed by atoms with Gasteiger partial charge in [0.05, 0.1) is 4.92 Å². The molecule has 116 valence electrons. The molecule has 0 amide bonds. The van der Waals surface area contributed by atoms with Crippen molar-refractivity contribution >= 4 is 11.4 Å². The molecule has 0 bridgehead atoms. The number of hydrogen-bond donors (Lipinski definition) is 0. The predicted octanol–water partition coefficient (Wildman–Crippen LogP) is 3.97. The summed E-state index contributed by atoms with van der Waals surface area (Å²) in [6, 6.07) is 4.51. The smallest absolute Gasteiger partial charge is 0.387 e. The fourth-order valence-electron chi connectivity index (χ4n) is 2.79. The highest BCUT2D eigenvalue weighted by molar-refractivity contribution is 5.60. The summed E-state index contributed by atoms with van der Waals surface area (Å²) >= 11 is 0. The Balaban J connectivity index is 2.33. The third-order valence-corrected chi connectivity index (χ3v) is 3.79. The molecule has 1 aliphatic rings. The number of halogens is 2. The van der Waals surface area contributed by atoms with E-state index >= 15 is 0 Å². The molecule has 5 nitrogen and oxygen atoms in total. The number of piperidine rings is 1. The number of rotatable bonds is 5. The summed E-state index contributed by atoms with van der Waals surface area (Å²) < 4.78 is 29.1. The Kier molecular flexibility index (Phi) is 4.93. The SMILES string of the molecule is CCC1CCCCN1c1ccc([N+](=O)[O-])c(OC(F)F)c1. The van der Waals surface area contributed by atoms with Crippen LogP contribution >= 0.6 is 0 Å². The highest BCUT2D eigenvalue weighted by atomic mass is 19.3. The van der Waals surface area contributed by atoms with Crippen LogP contribution in [-0.4, -0.2) is 24.1 Å². The zero-order chi connectivity index (χ0) is 15.4. The quantitative estimate of drug-likeness (QED) is 0.610. The van der Waals surface area contributed by atoms with Gasteiger partial charge in [0, 0.05) is 30.4 Å².